The molecule has 3 atom stereocenters. The minimum Gasteiger partial charge on any atom is -0.508 e. The van der Waals surface area contributed by atoms with E-state index in [-0.39, 0.29) is 29.4 Å². The van der Waals surface area contributed by atoms with Crippen molar-refractivity contribution in [3.63, 3.8) is 0 Å². The van der Waals surface area contributed by atoms with Crippen LogP contribution in [0.1, 0.15) is 29.5 Å². The number of anilines is 2. The van der Waals surface area contributed by atoms with Crippen LogP contribution in [0, 0.1) is 5.92 Å². The zero-order valence-electron chi connectivity index (χ0n) is 15.9. The molecule has 0 aromatic heterocycles. The molecule has 1 aliphatic heterocycles. The van der Waals surface area contributed by atoms with E-state index in [0.717, 1.165) is 28.2 Å². The third-order valence-corrected chi connectivity index (χ3v) is 5.81. The molecule has 0 bridgehead atoms. The predicted octanol–water partition coefficient (Wildman–Crippen LogP) is 5.23. The number of Topliss-reactive ketones (excluding diaryl/α,β-unsaturated/α-hetero) is 1. The monoisotopic (exact) mass is 382 g/mol. The number of para-hydroxylation sites is 2. The summed E-state index contributed by atoms with van der Waals surface area (Å²) in [7, 11) is 0. The van der Waals surface area contributed by atoms with Crippen LogP contribution in [0.4, 0.5) is 11.4 Å². The van der Waals surface area contributed by atoms with Crippen molar-refractivity contribution in [1.82, 2.24) is 0 Å². The van der Waals surface area contributed by atoms with Crippen LogP contribution in [0.5, 0.6) is 5.75 Å². The Morgan fingerprint density at radius 2 is 1.48 bits per heavy atom. The molecule has 4 nitrogen and oxygen atoms in total. The molecule has 144 valence electrons. The summed E-state index contributed by atoms with van der Waals surface area (Å²) in [4.78, 5) is 13.4. The van der Waals surface area contributed by atoms with Gasteiger partial charge in [-0.05, 0) is 35.4 Å². The molecule has 0 radical (unpaired) electrons. The summed E-state index contributed by atoms with van der Waals surface area (Å²) in [5.74, 6) is 0.179. The number of hydrogen-bond donors (Lipinski definition) is 3. The fraction of sp³-hybridized carbons (Fsp3) is 0.160. The zero-order chi connectivity index (χ0) is 19.8. The Morgan fingerprint density at radius 3 is 2.24 bits per heavy atom. The second-order valence-corrected chi connectivity index (χ2v) is 7.67. The summed E-state index contributed by atoms with van der Waals surface area (Å²) in [6, 6.07) is 25.1. The second-order valence-electron chi connectivity index (χ2n) is 7.67. The lowest BCUT2D eigenvalue weighted by Crippen LogP contribution is -2.33. The van der Waals surface area contributed by atoms with Gasteiger partial charge in [-0.3, -0.25) is 4.79 Å². The molecule has 0 fully saturated rings. The molecule has 5 rings (SSSR count). The first-order valence-electron chi connectivity index (χ1n) is 9.90. The highest BCUT2D eigenvalue weighted by Gasteiger charge is 2.39. The zero-order valence-corrected chi connectivity index (χ0v) is 15.9. The highest BCUT2D eigenvalue weighted by molar-refractivity contribution is 5.90. The van der Waals surface area contributed by atoms with Gasteiger partial charge < -0.3 is 15.7 Å². The Kier molecular flexibility index (Phi) is 4.32. The van der Waals surface area contributed by atoms with Crippen LogP contribution in [0.2, 0.25) is 0 Å². The van der Waals surface area contributed by atoms with E-state index < -0.39 is 0 Å². The van der Waals surface area contributed by atoms with Crippen molar-refractivity contribution < 1.29 is 9.90 Å². The largest absolute Gasteiger partial charge is 0.508 e. The topological polar surface area (TPSA) is 61.4 Å². The maximum atomic E-state index is 13.4. The summed E-state index contributed by atoms with van der Waals surface area (Å²) >= 11 is 0. The van der Waals surface area contributed by atoms with Crippen molar-refractivity contribution in [3.05, 3.63) is 102 Å². The van der Waals surface area contributed by atoms with E-state index in [4.69, 9.17) is 0 Å². The van der Waals surface area contributed by atoms with Gasteiger partial charge in [-0.2, -0.15) is 0 Å². The summed E-state index contributed by atoms with van der Waals surface area (Å²) in [5, 5.41) is 16.8. The number of aromatic hydroxyl groups is 1. The van der Waals surface area contributed by atoms with Gasteiger partial charge in [0.05, 0.1) is 23.3 Å². The lowest BCUT2D eigenvalue weighted by atomic mass is 9.76. The SMILES string of the molecule is O=C1CC(c2ccccc2)C=C2Nc3ccccc3NC(c3ccc(O)cc3)C12. The predicted molar refractivity (Wildman–Crippen MR) is 115 cm³/mol. The van der Waals surface area contributed by atoms with Crippen LogP contribution in [-0.2, 0) is 4.79 Å². The second kappa shape index (κ2) is 7.13. The molecule has 4 heteroatoms. The third-order valence-electron chi connectivity index (χ3n) is 5.81. The van der Waals surface area contributed by atoms with Gasteiger partial charge in [0.2, 0.25) is 0 Å². The van der Waals surface area contributed by atoms with Gasteiger partial charge in [-0.1, -0.05) is 60.7 Å². The van der Waals surface area contributed by atoms with Crippen LogP contribution >= 0.6 is 0 Å². The summed E-state index contributed by atoms with van der Waals surface area (Å²) < 4.78 is 0. The molecule has 0 saturated heterocycles. The fourth-order valence-corrected chi connectivity index (χ4v) is 4.38. The summed E-state index contributed by atoms with van der Waals surface area (Å²) in [5.41, 5.74) is 4.99. The van der Waals surface area contributed by atoms with Gasteiger partial charge in [0.1, 0.15) is 11.5 Å². The van der Waals surface area contributed by atoms with Gasteiger partial charge in [0, 0.05) is 18.0 Å². The van der Waals surface area contributed by atoms with Crippen molar-refractivity contribution in [2.45, 2.75) is 18.4 Å². The molecule has 3 aromatic rings. The minimum absolute atomic E-state index is 0.0631. The van der Waals surface area contributed by atoms with Crippen molar-refractivity contribution in [2.24, 2.45) is 5.92 Å². The van der Waals surface area contributed by atoms with Crippen molar-refractivity contribution >= 4 is 17.2 Å². The fourth-order valence-electron chi connectivity index (χ4n) is 4.38. The number of carbonyl (C=O) groups is 1. The number of hydrogen-bond acceptors (Lipinski definition) is 4. The molecule has 3 N–H and O–H groups in total. The molecule has 1 heterocycles. The number of benzene rings is 3. The Morgan fingerprint density at radius 1 is 0.793 bits per heavy atom. The van der Waals surface area contributed by atoms with Crippen LogP contribution in [0.25, 0.3) is 0 Å². The maximum Gasteiger partial charge on any atom is 0.145 e. The average Bonchev–Trinajstić information content (AvgIpc) is 2.92. The summed E-state index contributed by atoms with van der Waals surface area (Å²) in [6.45, 7) is 0. The lowest BCUT2D eigenvalue weighted by Gasteiger charge is -2.32. The van der Waals surface area contributed by atoms with E-state index in [0.29, 0.717) is 6.42 Å². The maximum absolute atomic E-state index is 13.4. The van der Waals surface area contributed by atoms with Gasteiger partial charge in [-0.25, -0.2) is 0 Å². The molecule has 2 aliphatic rings. The Bertz CT molecular complexity index is 1070. The van der Waals surface area contributed by atoms with Crippen molar-refractivity contribution in [3.8, 4) is 5.75 Å². The first-order valence-corrected chi connectivity index (χ1v) is 9.90. The van der Waals surface area contributed by atoms with Crippen LogP contribution in [-0.4, -0.2) is 10.9 Å². The first kappa shape index (κ1) is 17.6. The van der Waals surface area contributed by atoms with E-state index in [9.17, 15) is 9.90 Å². The summed E-state index contributed by atoms with van der Waals surface area (Å²) in [6.07, 6.45) is 2.69. The molecule has 3 aromatic carbocycles. The number of fused-ring (bicyclic) bond motifs is 2. The Hall–Kier alpha value is -3.53. The van der Waals surface area contributed by atoms with Gasteiger partial charge in [-0.15, -0.1) is 0 Å². The van der Waals surface area contributed by atoms with E-state index in [1.807, 2.05) is 54.6 Å². The van der Waals surface area contributed by atoms with E-state index in [1.54, 1.807) is 12.1 Å². The third kappa shape index (κ3) is 3.27. The standard InChI is InChI=1S/C25H22N2O2/c28-19-12-10-17(11-13-19)25-24-22(26-20-8-4-5-9-21(20)27-25)14-18(15-23(24)29)16-6-2-1-3-7-16/h1-14,18,24-28H,15H2. The average molecular weight is 382 g/mol. The molecule has 0 saturated carbocycles. The highest BCUT2D eigenvalue weighted by atomic mass is 16.3. The molecule has 29 heavy (non-hydrogen) atoms. The van der Waals surface area contributed by atoms with E-state index in [2.05, 4.69) is 28.8 Å². The molecule has 3 unspecified atom stereocenters. The van der Waals surface area contributed by atoms with Gasteiger partial charge in [0.25, 0.3) is 0 Å². The number of phenols is 1. The van der Waals surface area contributed by atoms with Crippen LogP contribution in [0.15, 0.2) is 90.6 Å². The van der Waals surface area contributed by atoms with Gasteiger partial charge in [0.15, 0.2) is 0 Å². The van der Waals surface area contributed by atoms with E-state index in [1.165, 1.54) is 0 Å². The smallest absolute Gasteiger partial charge is 0.145 e. The van der Waals surface area contributed by atoms with Crippen LogP contribution in [0.3, 0.4) is 0 Å². The van der Waals surface area contributed by atoms with Crippen molar-refractivity contribution in [2.75, 3.05) is 10.6 Å². The van der Waals surface area contributed by atoms with Gasteiger partial charge >= 0.3 is 0 Å². The Labute approximate surface area is 169 Å². The number of ketones is 1. The minimum atomic E-state index is -0.313. The molecular weight excluding hydrogens is 360 g/mol. The quantitative estimate of drug-likeness (QED) is 0.568. The molecular formula is C25H22N2O2. The number of nitrogens with one attached hydrogen (secondary N) is 2. The first-order chi connectivity index (χ1) is 14.2. The molecule has 0 spiro atoms. The van der Waals surface area contributed by atoms with E-state index >= 15 is 0 Å². The molecule has 1 aliphatic carbocycles. The molecule has 0 amide bonds. The normalized spacial score (nSPS) is 23.0. The number of phenolic OH excluding ortho intramolecular Hbond substituents is 1. The lowest BCUT2D eigenvalue weighted by molar-refractivity contribution is -0.122. The Balaban J connectivity index is 1.62. The van der Waals surface area contributed by atoms with Crippen molar-refractivity contribution in [1.29, 1.82) is 0 Å². The number of allylic oxidation sites excluding steroid dienone is 1. The highest BCUT2D eigenvalue weighted by Crippen LogP contribution is 2.44. The van der Waals surface area contributed by atoms with Crippen LogP contribution < -0.4 is 10.6 Å². The number of carbonyl (C=O) groups excluding carboxylic acids is 1. The number of rotatable bonds is 2.